The van der Waals surface area contributed by atoms with Crippen LogP contribution in [0.25, 0.3) is 10.9 Å². The molecule has 3 heterocycles. The SMILES string of the molecule is COc1cc2c(Oc3cnn(CC(=O)O)c3)ncnc2cc1OCC1COC(C)(C)O1. The summed E-state index contributed by atoms with van der Waals surface area (Å²) in [4.78, 5) is 19.3. The Bertz CT molecular complexity index is 1100. The van der Waals surface area contributed by atoms with E-state index in [0.29, 0.717) is 41.4 Å². The maximum absolute atomic E-state index is 10.8. The number of fused-ring (bicyclic) bond motifs is 1. The molecule has 164 valence electrons. The number of hydrogen-bond donors (Lipinski definition) is 1. The second kappa shape index (κ2) is 8.36. The van der Waals surface area contributed by atoms with Crippen molar-refractivity contribution in [3.63, 3.8) is 0 Å². The number of methoxy groups -OCH3 is 1. The quantitative estimate of drug-likeness (QED) is 0.568. The van der Waals surface area contributed by atoms with Gasteiger partial charge in [0.25, 0.3) is 0 Å². The highest BCUT2D eigenvalue weighted by atomic mass is 16.7. The van der Waals surface area contributed by atoms with Crippen LogP contribution < -0.4 is 14.2 Å². The highest BCUT2D eigenvalue weighted by Gasteiger charge is 2.33. The van der Waals surface area contributed by atoms with Crippen LogP contribution in [0, 0.1) is 0 Å². The lowest BCUT2D eigenvalue weighted by Crippen LogP contribution is -2.25. The van der Waals surface area contributed by atoms with E-state index in [2.05, 4.69) is 15.1 Å². The highest BCUT2D eigenvalue weighted by molar-refractivity contribution is 5.87. The summed E-state index contributed by atoms with van der Waals surface area (Å²) >= 11 is 0. The first-order valence-electron chi connectivity index (χ1n) is 9.52. The van der Waals surface area contributed by atoms with E-state index in [1.54, 1.807) is 12.1 Å². The molecule has 31 heavy (non-hydrogen) atoms. The van der Waals surface area contributed by atoms with Gasteiger partial charge in [0.15, 0.2) is 23.0 Å². The van der Waals surface area contributed by atoms with E-state index in [-0.39, 0.29) is 18.5 Å². The first-order valence-corrected chi connectivity index (χ1v) is 9.52. The molecule has 0 spiro atoms. The van der Waals surface area contributed by atoms with Crippen LogP contribution in [-0.2, 0) is 20.8 Å². The molecule has 2 aromatic heterocycles. The van der Waals surface area contributed by atoms with Crippen LogP contribution in [0.3, 0.4) is 0 Å². The normalized spacial score (nSPS) is 17.6. The van der Waals surface area contributed by atoms with E-state index in [4.69, 9.17) is 28.8 Å². The number of aromatic nitrogens is 4. The van der Waals surface area contributed by atoms with Crippen LogP contribution in [0.4, 0.5) is 0 Å². The average Bonchev–Trinajstić information content (AvgIpc) is 3.30. The number of aliphatic carboxylic acids is 1. The predicted octanol–water partition coefficient (Wildman–Crippen LogP) is 2.24. The zero-order valence-electron chi connectivity index (χ0n) is 17.3. The predicted molar refractivity (Wildman–Crippen MR) is 106 cm³/mol. The minimum atomic E-state index is -1.00. The number of carbonyl (C=O) groups is 1. The smallest absolute Gasteiger partial charge is 0.325 e. The monoisotopic (exact) mass is 430 g/mol. The van der Waals surface area contributed by atoms with Crippen LogP contribution >= 0.6 is 0 Å². The molecule has 11 heteroatoms. The van der Waals surface area contributed by atoms with Gasteiger partial charge in [-0.15, -0.1) is 0 Å². The molecule has 0 amide bonds. The van der Waals surface area contributed by atoms with Crippen LogP contribution in [0.1, 0.15) is 13.8 Å². The van der Waals surface area contributed by atoms with Crippen molar-refractivity contribution in [1.29, 1.82) is 0 Å². The summed E-state index contributed by atoms with van der Waals surface area (Å²) in [5, 5.41) is 13.4. The fourth-order valence-electron chi connectivity index (χ4n) is 3.16. The van der Waals surface area contributed by atoms with Gasteiger partial charge in [0.2, 0.25) is 5.88 Å². The summed E-state index contributed by atoms with van der Waals surface area (Å²) in [5.41, 5.74) is 0.586. The van der Waals surface area contributed by atoms with E-state index in [1.807, 2.05) is 13.8 Å². The Balaban J connectivity index is 1.55. The van der Waals surface area contributed by atoms with Crippen molar-refractivity contribution < 1.29 is 33.6 Å². The van der Waals surface area contributed by atoms with Crippen molar-refractivity contribution in [2.24, 2.45) is 0 Å². The number of carboxylic acids is 1. The molecule has 1 aromatic carbocycles. The standard InChI is InChI=1S/C20H22N4O7/c1-20(2)29-10-13(31-20)9-28-17-5-15-14(4-16(17)27-3)19(22-11-21-15)30-12-6-23-24(7-12)8-18(25)26/h4-7,11,13H,8-10H2,1-3H3,(H,25,26). The Labute approximate surface area is 177 Å². The fraction of sp³-hybridized carbons (Fsp3) is 0.400. The molecule has 0 radical (unpaired) electrons. The topological polar surface area (TPSA) is 127 Å². The molecule has 1 atom stereocenters. The summed E-state index contributed by atoms with van der Waals surface area (Å²) in [6.07, 6.45) is 4.06. The van der Waals surface area contributed by atoms with Gasteiger partial charge in [-0.1, -0.05) is 0 Å². The van der Waals surface area contributed by atoms with Crippen molar-refractivity contribution in [3.05, 3.63) is 30.9 Å². The maximum Gasteiger partial charge on any atom is 0.325 e. The van der Waals surface area contributed by atoms with Crippen LogP contribution in [0.5, 0.6) is 23.1 Å². The molecule has 1 aliphatic rings. The van der Waals surface area contributed by atoms with Crippen molar-refractivity contribution in [3.8, 4) is 23.1 Å². The van der Waals surface area contributed by atoms with Gasteiger partial charge >= 0.3 is 5.97 Å². The molecule has 0 aliphatic carbocycles. The third-order valence-corrected chi connectivity index (χ3v) is 4.50. The van der Waals surface area contributed by atoms with E-state index in [9.17, 15) is 4.79 Å². The van der Waals surface area contributed by atoms with Crippen LogP contribution in [0.2, 0.25) is 0 Å². The van der Waals surface area contributed by atoms with Gasteiger partial charge in [0.1, 0.15) is 25.6 Å². The molecule has 4 rings (SSSR count). The molecule has 0 saturated carbocycles. The Kier molecular flexibility index (Phi) is 5.61. The summed E-state index contributed by atoms with van der Waals surface area (Å²) < 4.78 is 29.8. The van der Waals surface area contributed by atoms with Gasteiger partial charge in [0, 0.05) is 6.07 Å². The number of benzene rings is 1. The molecule has 1 unspecified atom stereocenters. The molecule has 3 aromatic rings. The Hall–Kier alpha value is -3.44. The van der Waals surface area contributed by atoms with Crippen molar-refractivity contribution in [2.45, 2.75) is 32.3 Å². The minimum absolute atomic E-state index is 0.193. The molecule has 1 saturated heterocycles. The summed E-state index contributed by atoms with van der Waals surface area (Å²) in [7, 11) is 1.53. The Morgan fingerprint density at radius 3 is 2.87 bits per heavy atom. The molecule has 11 nitrogen and oxygen atoms in total. The van der Waals surface area contributed by atoms with E-state index >= 15 is 0 Å². The third kappa shape index (κ3) is 4.84. The summed E-state index contributed by atoms with van der Waals surface area (Å²) in [5.74, 6) is -0.0219. The molecule has 0 bridgehead atoms. The minimum Gasteiger partial charge on any atom is -0.493 e. The third-order valence-electron chi connectivity index (χ3n) is 4.50. The maximum atomic E-state index is 10.8. The van der Waals surface area contributed by atoms with E-state index in [1.165, 1.54) is 30.5 Å². The highest BCUT2D eigenvalue weighted by Crippen LogP contribution is 2.36. The van der Waals surface area contributed by atoms with Gasteiger partial charge < -0.3 is 28.8 Å². The summed E-state index contributed by atoms with van der Waals surface area (Å²) in [6, 6.07) is 3.45. The first-order chi connectivity index (χ1) is 14.8. The second-order valence-corrected chi connectivity index (χ2v) is 7.33. The molecule has 1 aliphatic heterocycles. The molecule has 1 fully saturated rings. The number of carboxylic acid groups (broad SMARTS) is 1. The lowest BCUT2D eigenvalue weighted by molar-refractivity contribution is -0.141. The molecular formula is C20H22N4O7. The van der Waals surface area contributed by atoms with Crippen LogP contribution in [-0.4, -0.2) is 63.0 Å². The van der Waals surface area contributed by atoms with Crippen LogP contribution in [0.15, 0.2) is 30.9 Å². The first kappa shape index (κ1) is 20.8. The number of hydrogen-bond acceptors (Lipinski definition) is 9. The number of nitrogens with zero attached hydrogens (tertiary/aromatic N) is 4. The zero-order chi connectivity index (χ0) is 22.0. The van der Waals surface area contributed by atoms with Crippen molar-refractivity contribution in [2.75, 3.05) is 20.3 Å². The summed E-state index contributed by atoms with van der Waals surface area (Å²) in [6.45, 7) is 4.18. The molecular weight excluding hydrogens is 408 g/mol. The van der Waals surface area contributed by atoms with E-state index < -0.39 is 11.8 Å². The zero-order valence-corrected chi connectivity index (χ0v) is 17.3. The van der Waals surface area contributed by atoms with Gasteiger partial charge in [0.05, 0.1) is 37.0 Å². The number of ether oxygens (including phenoxy) is 5. The Morgan fingerprint density at radius 2 is 2.16 bits per heavy atom. The average molecular weight is 430 g/mol. The lowest BCUT2D eigenvalue weighted by Gasteiger charge is -2.18. The van der Waals surface area contributed by atoms with Gasteiger partial charge in [-0.25, -0.2) is 9.97 Å². The molecule has 1 N–H and O–H groups in total. The van der Waals surface area contributed by atoms with Crippen molar-refractivity contribution in [1.82, 2.24) is 19.7 Å². The lowest BCUT2D eigenvalue weighted by atomic mass is 10.2. The fourth-order valence-corrected chi connectivity index (χ4v) is 3.16. The largest absolute Gasteiger partial charge is 0.493 e. The van der Waals surface area contributed by atoms with Crippen molar-refractivity contribution >= 4 is 16.9 Å². The van der Waals surface area contributed by atoms with E-state index in [0.717, 1.165) is 0 Å². The van der Waals surface area contributed by atoms with Gasteiger partial charge in [-0.3, -0.25) is 9.48 Å². The Morgan fingerprint density at radius 1 is 1.32 bits per heavy atom. The number of rotatable bonds is 8. The van der Waals surface area contributed by atoms with Gasteiger partial charge in [-0.05, 0) is 19.9 Å². The second-order valence-electron chi connectivity index (χ2n) is 7.33. The van der Waals surface area contributed by atoms with Gasteiger partial charge in [-0.2, -0.15) is 5.10 Å².